The Bertz CT molecular complexity index is 377. The zero-order valence-electron chi connectivity index (χ0n) is 11.7. The molecule has 1 aliphatic rings. The van der Waals surface area contributed by atoms with E-state index in [-0.39, 0.29) is 28.9 Å². The first-order chi connectivity index (χ1) is 8.36. The molecule has 1 heterocycles. The molecule has 5 heteroatoms. The van der Waals surface area contributed by atoms with E-state index >= 15 is 0 Å². The van der Waals surface area contributed by atoms with E-state index in [1.807, 2.05) is 0 Å². The second-order valence-electron chi connectivity index (χ2n) is 5.36. The highest BCUT2D eigenvalue weighted by Gasteiger charge is 2.31. The van der Waals surface area contributed by atoms with E-state index in [2.05, 4.69) is 26.1 Å². The predicted octanol–water partition coefficient (Wildman–Crippen LogP) is 1.90. The average molecular weight is 275 g/mol. The highest BCUT2D eigenvalue weighted by molar-refractivity contribution is 7.91. The fourth-order valence-corrected chi connectivity index (χ4v) is 4.52. The lowest BCUT2D eigenvalue weighted by molar-refractivity contribution is -0.124. The summed E-state index contributed by atoms with van der Waals surface area (Å²) in [7, 11) is -2.88. The van der Waals surface area contributed by atoms with Gasteiger partial charge in [0.05, 0.1) is 11.5 Å². The minimum atomic E-state index is -2.88. The maximum absolute atomic E-state index is 12.0. The Morgan fingerprint density at radius 1 is 1.22 bits per heavy atom. The van der Waals surface area contributed by atoms with Crippen molar-refractivity contribution >= 4 is 15.7 Å². The lowest BCUT2D eigenvalue weighted by Crippen LogP contribution is -2.47. The summed E-state index contributed by atoms with van der Waals surface area (Å²) in [5, 5.41) is 3.10. The third-order valence-corrected chi connectivity index (χ3v) is 6.07. The van der Waals surface area contributed by atoms with Gasteiger partial charge in [-0.15, -0.1) is 0 Å². The van der Waals surface area contributed by atoms with E-state index in [9.17, 15) is 13.2 Å². The summed E-state index contributed by atoms with van der Waals surface area (Å²) >= 11 is 0. The van der Waals surface area contributed by atoms with Crippen molar-refractivity contribution in [2.45, 2.75) is 58.4 Å². The molecule has 0 saturated carbocycles. The first-order valence-corrected chi connectivity index (χ1v) is 8.70. The number of sulfone groups is 1. The van der Waals surface area contributed by atoms with Crippen molar-refractivity contribution in [3.63, 3.8) is 0 Å². The van der Waals surface area contributed by atoms with E-state index in [1.54, 1.807) is 0 Å². The second kappa shape index (κ2) is 6.04. The van der Waals surface area contributed by atoms with Crippen molar-refractivity contribution in [3.05, 3.63) is 0 Å². The molecule has 106 valence electrons. The zero-order chi connectivity index (χ0) is 13.8. The maximum atomic E-state index is 12.0. The van der Waals surface area contributed by atoms with Gasteiger partial charge in [0.15, 0.2) is 9.84 Å². The molecule has 0 aromatic heterocycles. The molecule has 0 bridgehead atoms. The van der Waals surface area contributed by atoms with Crippen LogP contribution in [-0.2, 0) is 14.6 Å². The number of carbonyl (C=O) groups excluding carboxylic acids is 1. The summed E-state index contributed by atoms with van der Waals surface area (Å²) in [5.74, 6) is 0.435. The molecule has 1 amide bonds. The molecular weight excluding hydrogens is 250 g/mol. The highest BCUT2D eigenvalue weighted by atomic mass is 32.2. The molecule has 4 nitrogen and oxygen atoms in total. The predicted molar refractivity (Wildman–Crippen MR) is 73.1 cm³/mol. The molecule has 0 aromatic rings. The molecule has 0 aliphatic carbocycles. The summed E-state index contributed by atoms with van der Waals surface area (Å²) < 4.78 is 22.7. The minimum Gasteiger partial charge on any atom is -0.351 e. The molecule has 1 aliphatic heterocycles. The Balaban J connectivity index is 2.52. The van der Waals surface area contributed by atoms with Crippen LogP contribution in [0.3, 0.4) is 0 Å². The monoisotopic (exact) mass is 275 g/mol. The van der Waals surface area contributed by atoms with E-state index < -0.39 is 9.84 Å². The summed E-state index contributed by atoms with van der Waals surface area (Å²) in [6.45, 7) is 6.23. The van der Waals surface area contributed by atoms with Gasteiger partial charge in [0.1, 0.15) is 0 Å². The molecule has 0 aromatic carbocycles. The number of carbonyl (C=O) groups is 1. The van der Waals surface area contributed by atoms with Crippen LogP contribution in [0.1, 0.15) is 52.9 Å². The molecule has 0 spiro atoms. The SMILES string of the molecule is CCC(CC)(CC)NC(=O)CC1CCS(=O)(=O)C1. The van der Waals surface area contributed by atoms with Gasteiger partial charge in [-0.25, -0.2) is 8.42 Å². The summed E-state index contributed by atoms with van der Waals surface area (Å²) in [6.07, 6.45) is 3.71. The number of hydrogen-bond acceptors (Lipinski definition) is 3. The quantitative estimate of drug-likeness (QED) is 0.805. The van der Waals surface area contributed by atoms with Crippen molar-refractivity contribution in [1.82, 2.24) is 5.32 Å². The van der Waals surface area contributed by atoms with Crippen LogP contribution in [0.5, 0.6) is 0 Å². The molecule has 1 N–H and O–H groups in total. The van der Waals surface area contributed by atoms with Crippen LogP contribution in [0, 0.1) is 5.92 Å². The van der Waals surface area contributed by atoms with Crippen molar-refractivity contribution in [1.29, 1.82) is 0 Å². The van der Waals surface area contributed by atoms with Crippen molar-refractivity contribution in [2.24, 2.45) is 5.92 Å². The minimum absolute atomic E-state index is 0.00245. The zero-order valence-corrected chi connectivity index (χ0v) is 12.5. The Labute approximate surface area is 110 Å². The summed E-state index contributed by atoms with van der Waals surface area (Å²) in [6, 6.07) is 0. The molecule has 1 atom stereocenters. The van der Waals surface area contributed by atoms with Crippen LogP contribution in [0.15, 0.2) is 0 Å². The molecule has 1 unspecified atom stereocenters. The van der Waals surface area contributed by atoms with Crippen molar-refractivity contribution < 1.29 is 13.2 Å². The van der Waals surface area contributed by atoms with Gasteiger partial charge in [0.2, 0.25) is 5.91 Å². The van der Waals surface area contributed by atoms with Crippen LogP contribution >= 0.6 is 0 Å². The van der Waals surface area contributed by atoms with Crippen LogP contribution in [-0.4, -0.2) is 31.4 Å². The van der Waals surface area contributed by atoms with Crippen LogP contribution in [0.2, 0.25) is 0 Å². The van der Waals surface area contributed by atoms with E-state index in [4.69, 9.17) is 0 Å². The van der Waals surface area contributed by atoms with Crippen molar-refractivity contribution in [2.75, 3.05) is 11.5 Å². The van der Waals surface area contributed by atoms with Gasteiger partial charge in [-0.2, -0.15) is 0 Å². The van der Waals surface area contributed by atoms with Crippen LogP contribution in [0.4, 0.5) is 0 Å². The van der Waals surface area contributed by atoms with Gasteiger partial charge in [0, 0.05) is 12.0 Å². The van der Waals surface area contributed by atoms with Crippen LogP contribution < -0.4 is 5.32 Å². The molecule has 0 radical (unpaired) electrons. The second-order valence-corrected chi connectivity index (χ2v) is 7.59. The van der Waals surface area contributed by atoms with E-state index in [1.165, 1.54) is 0 Å². The molecule has 1 rings (SSSR count). The number of amides is 1. The van der Waals surface area contributed by atoms with E-state index in [0.717, 1.165) is 19.3 Å². The smallest absolute Gasteiger partial charge is 0.220 e. The number of hydrogen-bond donors (Lipinski definition) is 1. The third-order valence-electron chi connectivity index (χ3n) is 4.24. The largest absolute Gasteiger partial charge is 0.351 e. The maximum Gasteiger partial charge on any atom is 0.220 e. The molecule has 1 fully saturated rings. The Hall–Kier alpha value is -0.580. The lowest BCUT2D eigenvalue weighted by atomic mass is 9.89. The Kier molecular flexibility index (Phi) is 5.20. The van der Waals surface area contributed by atoms with Gasteiger partial charge in [0.25, 0.3) is 0 Å². The lowest BCUT2D eigenvalue weighted by Gasteiger charge is -2.32. The fraction of sp³-hybridized carbons (Fsp3) is 0.923. The molecule has 1 saturated heterocycles. The first kappa shape index (κ1) is 15.5. The summed E-state index contributed by atoms with van der Waals surface area (Å²) in [5.41, 5.74) is -0.117. The fourth-order valence-electron chi connectivity index (χ4n) is 2.66. The van der Waals surface area contributed by atoms with Gasteiger partial charge < -0.3 is 5.32 Å². The normalized spacial score (nSPS) is 22.9. The molecular formula is C13H25NO3S. The average Bonchev–Trinajstić information content (AvgIpc) is 2.65. The van der Waals surface area contributed by atoms with Gasteiger partial charge in [-0.3, -0.25) is 4.79 Å². The molecule has 18 heavy (non-hydrogen) atoms. The number of rotatable bonds is 6. The topological polar surface area (TPSA) is 63.2 Å². The Morgan fingerprint density at radius 3 is 2.17 bits per heavy atom. The third kappa shape index (κ3) is 3.97. The van der Waals surface area contributed by atoms with E-state index in [0.29, 0.717) is 12.8 Å². The van der Waals surface area contributed by atoms with Crippen molar-refractivity contribution in [3.8, 4) is 0 Å². The standard InChI is InChI=1S/C13H25NO3S/c1-4-13(5-2,6-3)14-12(15)9-11-7-8-18(16,17)10-11/h11H,4-10H2,1-3H3,(H,14,15). The van der Waals surface area contributed by atoms with Gasteiger partial charge in [-0.05, 0) is 31.6 Å². The summed E-state index contributed by atoms with van der Waals surface area (Å²) in [4.78, 5) is 12.0. The van der Waals surface area contributed by atoms with Gasteiger partial charge in [-0.1, -0.05) is 20.8 Å². The Morgan fingerprint density at radius 2 is 1.78 bits per heavy atom. The first-order valence-electron chi connectivity index (χ1n) is 6.88. The highest BCUT2D eigenvalue weighted by Crippen LogP contribution is 2.23. The van der Waals surface area contributed by atoms with Crippen LogP contribution in [0.25, 0.3) is 0 Å². The van der Waals surface area contributed by atoms with Gasteiger partial charge >= 0.3 is 0 Å². The number of nitrogens with one attached hydrogen (secondary N) is 1.